The molecule has 2 aromatic heterocycles. The lowest BCUT2D eigenvalue weighted by Gasteiger charge is -2.07. The fourth-order valence-corrected chi connectivity index (χ4v) is 2.88. The summed E-state index contributed by atoms with van der Waals surface area (Å²) in [5.74, 6) is 0.177. The van der Waals surface area contributed by atoms with Crippen LogP contribution in [0, 0.1) is 13.8 Å². The van der Waals surface area contributed by atoms with Crippen LogP contribution in [0.4, 0.5) is 0 Å². The summed E-state index contributed by atoms with van der Waals surface area (Å²) in [6.07, 6.45) is 2.08. The van der Waals surface area contributed by atoms with E-state index in [9.17, 15) is 14.7 Å². The highest BCUT2D eigenvalue weighted by molar-refractivity contribution is 6.03. The normalized spacial score (nSPS) is 11.0. The van der Waals surface area contributed by atoms with Gasteiger partial charge in [0, 0.05) is 37.0 Å². The predicted molar refractivity (Wildman–Crippen MR) is 91.6 cm³/mol. The Labute approximate surface area is 144 Å². The van der Waals surface area contributed by atoms with Crippen molar-refractivity contribution in [2.75, 3.05) is 6.54 Å². The first kappa shape index (κ1) is 16.8. The largest absolute Gasteiger partial charge is 0.478 e. The molecule has 0 unspecified atom stereocenters. The van der Waals surface area contributed by atoms with E-state index in [-0.39, 0.29) is 18.0 Å². The predicted octanol–water partition coefficient (Wildman–Crippen LogP) is 2.30. The molecular formula is C18H19N3O4. The molecule has 0 atom stereocenters. The summed E-state index contributed by atoms with van der Waals surface area (Å²) in [5, 5.41) is 12.7. The number of amides is 1. The van der Waals surface area contributed by atoms with E-state index in [2.05, 4.69) is 10.3 Å². The smallest absolute Gasteiger partial charge is 0.337 e. The number of aromatic carboxylic acids is 1. The number of oxazole rings is 1. The lowest BCUT2D eigenvalue weighted by molar-refractivity contribution is -0.121. The van der Waals surface area contributed by atoms with Crippen LogP contribution in [0.25, 0.3) is 10.9 Å². The standard InChI is InChI=1S/C18H19N3O4/c1-11-15(20-12(2)25-11)7-8-19-17(22)10-21-9-14(18(23)24)13-5-3-4-6-16(13)21/h3-6,9H,7-8,10H2,1-2H3,(H,19,22)(H,23,24). The number of carbonyl (C=O) groups excluding carboxylic acids is 1. The summed E-state index contributed by atoms with van der Waals surface area (Å²) in [7, 11) is 0. The van der Waals surface area contributed by atoms with Crippen molar-refractivity contribution in [2.45, 2.75) is 26.8 Å². The molecule has 1 aromatic carbocycles. The molecule has 0 spiro atoms. The van der Waals surface area contributed by atoms with Gasteiger partial charge in [-0.3, -0.25) is 4.79 Å². The van der Waals surface area contributed by atoms with Gasteiger partial charge in [0.05, 0.1) is 11.3 Å². The maximum Gasteiger partial charge on any atom is 0.337 e. The number of hydrogen-bond acceptors (Lipinski definition) is 4. The second-order valence-electron chi connectivity index (χ2n) is 5.83. The average molecular weight is 341 g/mol. The number of nitrogens with one attached hydrogen (secondary N) is 1. The molecule has 1 amide bonds. The maximum atomic E-state index is 12.2. The molecule has 0 saturated heterocycles. The summed E-state index contributed by atoms with van der Waals surface area (Å²) in [4.78, 5) is 27.8. The summed E-state index contributed by atoms with van der Waals surface area (Å²) in [5.41, 5.74) is 1.74. The average Bonchev–Trinajstić information content (AvgIpc) is 3.08. The number of aromatic nitrogens is 2. The van der Waals surface area contributed by atoms with E-state index < -0.39 is 5.97 Å². The Morgan fingerprint density at radius 2 is 2.04 bits per heavy atom. The number of carbonyl (C=O) groups is 2. The van der Waals surface area contributed by atoms with Crippen LogP contribution in [0.15, 0.2) is 34.9 Å². The molecule has 0 aliphatic carbocycles. The highest BCUT2D eigenvalue weighted by Crippen LogP contribution is 2.21. The van der Waals surface area contributed by atoms with Gasteiger partial charge >= 0.3 is 5.97 Å². The minimum absolute atomic E-state index is 0.0601. The summed E-state index contributed by atoms with van der Waals surface area (Å²) >= 11 is 0. The Morgan fingerprint density at radius 3 is 2.72 bits per heavy atom. The molecule has 3 aromatic rings. The van der Waals surface area contributed by atoms with Crippen LogP contribution in [-0.2, 0) is 17.8 Å². The van der Waals surface area contributed by atoms with E-state index >= 15 is 0 Å². The maximum absolute atomic E-state index is 12.2. The Bertz CT molecular complexity index is 939. The van der Waals surface area contributed by atoms with Gasteiger partial charge in [-0.05, 0) is 13.0 Å². The molecular weight excluding hydrogens is 322 g/mol. The topological polar surface area (TPSA) is 97.4 Å². The van der Waals surface area contributed by atoms with E-state index in [1.807, 2.05) is 13.0 Å². The van der Waals surface area contributed by atoms with Crippen LogP contribution < -0.4 is 5.32 Å². The quantitative estimate of drug-likeness (QED) is 0.717. The van der Waals surface area contributed by atoms with Crippen molar-refractivity contribution in [3.63, 3.8) is 0 Å². The number of benzene rings is 1. The van der Waals surface area contributed by atoms with Crippen LogP contribution in [0.2, 0.25) is 0 Å². The second-order valence-corrected chi connectivity index (χ2v) is 5.83. The third kappa shape index (κ3) is 3.55. The first-order chi connectivity index (χ1) is 12.0. The molecule has 7 nitrogen and oxygen atoms in total. The molecule has 130 valence electrons. The van der Waals surface area contributed by atoms with Gasteiger partial charge in [-0.25, -0.2) is 9.78 Å². The molecule has 7 heteroatoms. The van der Waals surface area contributed by atoms with Crippen LogP contribution in [0.1, 0.15) is 27.7 Å². The van der Waals surface area contributed by atoms with Crippen LogP contribution in [0.5, 0.6) is 0 Å². The molecule has 25 heavy (non-hydrogen) atoms. The van der Waals surface area contributed by atoms with Gasteiger partial charge in [0.1, 0.15) is 12.3 Å². The number of aryl methyl sites for hydroxylation is 2. The molecule has 0 aliphatic rings. The van der Waals surface area contributed by atoms with Gasteiger partial charge in [0.25, 0.3) is 0 Å². The van der Waals surface area contributed by atoms with E-state index in [1.165, 1.54) is 6.20 Å². The second kappa shape index (κ2) is 6.80. The zero-order valence-corrected chi connectivity index (χ0v) is 14.1. The number of carboxylic acids is 1. The van der Waals surface area contributed by atoms with Crippen LogP contribution in [0.3, 0.4) is 0 Å². The summed E-state index contributed by atoms with van der Waals surface area (Å²) in [6.45, 7) is 4.13. The van der Waals surface area contributed by atoms with Crippen LogP contribution >= 0.6 is 0 Å². The first-order valence-electron chi connectivity index (χ1n) is 7.96. The molecule has 0 bridgehead atoms. The van der Waals surface area contributed by atoms with Gasteiger partial charge in [0.15, 0.2) is 5.89 Å². The summed E-state index contributed by atoms with van der Waals surface area (Å²) < 4.78 is 7.01. The van der Waals surface area contributed by atoms with Gasteiger partial charge in [-0.1, -0.05) is 18.2 Å². The Balaban J connectivity index is 1.66. The van der Waals surface area contributed by atoms with E-state index in [4.69, 9.17) is 4.42 Å². The number of carboxylic acid groups (broad SMARTS) is 1. The Morgan fingerprint density at radius 1 is 1.28 bits per heavy atom. The molecule has 2 N–H and O–H groups in total. The lowest BCUT2D eigenvalue weighted by Crippen LogP contribution is -2.29. The van der Waals surface area contributed by atoms with Crippen molar-refractivity contribution >= 4 is 22.8 Å². The van der Waals surface area contributed by atoms with Gasteiger partial charge in [-0.2, -0.15) is 0 Å². The number of fused-ring (bicyclic) bond motifs is 1. The van der Waals surface area contributed by atoms with E-state index in [0.29, 0.717) is 24.2 Å². The number of rotatable bonds is 6. The minimum atomic E-state index is -1.01. The van der Waals surface area contributed by atoms with Gasteiger partial charge in [-0.15, -0.1) is 0 Å². The fraction of sp³-hybridized carbons (Fsp3) is 0.278. The van der Waals surface area contributed by atoms with Crippen molar-refractivity contribution in [1.82, 2.24) is 14.9 Å². The SMILES string of the molecule is Cc1nc(CCNC(=O)Cn2cc(C(=O)O)c3ccccc32)c(C)o1. The molecule has 0 fully saturated rings. The first-order valence-corrected chi connectivity index (χ1v) is 7.96. The van der Waals surface area contributed by atoms with Crippen molar-refractivity contribution in [3.8, 4) is 0 Å². The zero-order chi connectivity index (χ0) is 18.0. The number of nitrogens with zero attached hydrogens (tertiary/aromatic N) is 2. The highest BCUT2D eigenvalue weighted by Gasteiger charge is 2.15. The summed E-state index contributed by atoms with van der Waals surface area (Å²) in [6, 6.07) is 7.14. The molecule has 0 saturated carbocycles. The molecule has 0 aliphatic heterocycles. The minimum Gasteiger partial charge on any atom is -0.478 e. The zero-order valence-electron chi connectivity index (χ0n) is 14.1. The third-order valence-electron chi connectivity index (χ3n) is 4.02. The Kier molecular flexibility index (Phi) is 4.56. The lowest BCUT2D eigenvalue weighted by atomic mass is 10.2. The van der Waals surface area contributed by atoms with Crippen molar-refractivity contribution in [3.05, 3.63) is 53.4 Å². The van der Waals surface area contributed by atoms with E-state index in [1.54, 1.807) is 29.7 Å². The monoisotopic (exact) mass is 341 g/mol. The van der Waals surface area contributed by atoms with E-state index in [0.717, 1.165) is 17.0 Å². The van der Waals surface area contributed by atoms with Crippen molar-refractivity contribution < 1.29 is 19.1 Å². The van der Waals surface area contributed by atoms with Gasteiger partial charge in [0.2, 0.25) is 5.91 Å². The Hall–Kier alpha value is -3.09. The molecule has 2 heterocycles. The molecule has 0 radical (unpaired) electrons. The van der Waals surface area contributed by atoms with Crippen LogP contribution in [-0.4, -0.2) is 33.1 Å². The third-order valence-corrected chi connectivity index (χ3v) is 4.02. The van der Waals surface area contributed by atoms with Crippen molar-refractivity contribution in [1.29, 1.82) is 0 Å². The molecule has 3 rings (SSSR count). The number of para-hydroxylation sites is 1. The number of hydrogen-bond donors (Lipinski definition) is 2. The van der Waals surface area contributed by atoms with Gasteiger partial charge < -0.3 is 19.4 Å². The van der Waals surface area contributed by atoms with Crippen molar-refractivity contribution in [2.24, 2.45) is 0 Å². The fourth-order valence-electron chi connectivity index (χ4n) is 2.88. The highest BCUT2D eigenvalue weighted by atomic mass is 16.4.